The maximum Gasteiger partial charge on any atom is 0.319 e. The summed E-state index contributed by atoms with van der Waals surface area (Å²) < 4.78 is 12.8. The largest absolute Gasteiger partial charge is 0.329 e. The van der Waals surface area contributed by atoms with Crippen LogP contribution in [0.1, 0.15) is 26.3 Å². The third-order valence-electron chi connectivity index (χ3n) is 3.55. The molecule has 0 aliphatic carbocycles. The zero-order valence-electron chi connectivity index (χ0n) is 14.5. The van der Waals surface area contributed by atoms with Crippen molar-refractivity contribution in [3.63, 3.8) is 0 Å². The molecule has 0 fully saturated rings. The van der Waals surface area contributed by atoms with Crippen LogP contribution in [0.3, 0.4) is 0 Å². The molecule has 0 saturated carbocycles. The number of hydrogen-bond acceptors (Lipinski definition) is 2. The predicted octanol–water partition coefficient (Wildman–Crippen LogP) is 3.88. The lowest BCUT2D eigenvalue weighted by Gasteiger charge is -2.19. The van der Waals surface area contributed by atoms with Crippen molar-refractivity contribution in [3.05, 3.63) is 59.9 Å². The van der Waals surface area contributed by atoms with Crippen LogP contribution >= 0.6 is 0 Å². The monoisotopic (exact) mass is 343 g/mol. The zero-order chi connectivity index (χ0) is 18.4. The first kappa shape index (κ1) is 18.4. The maximum absolute atomic E-state index is 12.8. The highest BCUT2D eigenvalue weighted by atomic mass is 19.1. The summed E-state index contributed by atoms with van der Waals surface area (Å²) >= 11 is 0. The molecule has 0 aromatic heterocycles. The second-order valence-electron chi connectivity index (χ2n) is 6.69. The van der Waals surface area contributed by atoms with E-state index in [1.54, 1.807) is 0 Å². The number of halogens is 1. The minimum absolute atomic E-state index is 0.0409. The smallest absolute Gasteiger partial charge is 0.319 e. The molecule has 132 valence electrons. The van der Waals surface area contributed by atoms with E-state index in [0.29, 0.717) is 11.4 Å². The lowest BCUT2D eigenvalue weighted by molar-refractivity contribution is -0.115. The second-order valence-corrected chi connectivity index (χ2v) is 6.69. The standard InChI is InChI=1S/C19H22FN3O2/c1-19(2,3)13-4-8-16(9-5-13)23-18(25)21-12-17(24)22-15-10-6-14(20)7-11-15/h4-11H,12H2,1-3H3,(H,22,24)(H2,21,23,25). The molecule has 0 atom stereocenters. The minimum Gasteiger partial charge on any atom is -0.329 e. The number of hydrogen-bond donors (Lipinski definition) is 3. The normalized spacial score (nSPS) is 10.9. The molecule has 3 N–H and O–H groups in total. The van der Waals surface area contributed by atoms with E-state index in [0.717, 1.165) is 5.56 Å². The van der Waals surface area contributed by atoms with Crippen LogP contribution in [0.5, 0.6) is 0 Å². The molecule has 0 saturated heterocycles. The van der Waals surface area contributed by atoms with Gasteiger partial charge >= 0.3 is 6.03 Å². The summed E-state index contributed by atoms with van der Waals surface area (Å²) in [5.74, 6) is -0.780. The molecule has 2 aromatic rings. The van der Waals surface area contributed by atoms with Gasteiger partial charge in [-0.2, -0.15) is 0 Å². The summed E-state index contributed by atoms with van der Waals surface area (Å²) in [6.07, 6.45) is 0. The van der Waals surface area contributed by atoms with E-state index < -0.39 is 11.9 Å². The van der Waals surface area contributed by atoms with Gasteiger partial charge in [-0.05, 0) is 47.4 Å². The van der Waals surface area contributed by atoms with Gasteiger partial charge in [-0.15, -0.1) is 0 Å². The van der Waals surface area contributed by atoms with Crippen molar-refractivity contribution in [1.82, 2.24) is 5.32 Å². The van der Waals surface area contributed by atoms with Gasteiger partial charge in [-0.3, -0.25) is 4.79 Å². The van der Waals surface area contributed by atoms with Crippen LogP contribution in [-0.2, 0) is 10.2 Å². The Morgan fingerprint density at radius 2 is 1.40 bits per heavy atom. The van der Waals surface area contributed by atoms with Crippen molar-refractivity contribution >= 4 is 23.3 Å². The highest BCUT2D eigenvalue weighted by molar-refractivity contribution is 5.96. The Kier molecular flexibility index (Phi) is 5.75. The highest BCUT2D eigenvalue weighted by Crippen LogP contribution is 2.23. The van der Waals surface area contributed by atoms with Crippen molar-refractivity contribution in [1.29, 1.82) is 0 Å². The lowest BCUT2D eigenvalue weighted by Crippen LogP contribution is -2.35. The first-order valence-electron chi connectivity index (χ1n) is 7.95. The van der Waals surface area contributed by atoms with Crippen LogP contribution in [0.2, 0.25) is 0 Å². The summed E-state index contributed by atoms with van der Waals surface area (Å²) in [5, 5.41) is 7.70. The Balaban J connectivity index is 1.80. The van der Waals surface area contributed by atoms with Crippen LogP contribution in [0.15, 0.2) is 48.5 Å². The molecule has 2 rings (SSSR count). The Labute approximate surface area is 146 Å². The number of nitrogens with one attached hydrogen (secondary N) is 3. The van der Waals surface area contributed by atoms with Gasteiger partial charge in [0.05, 0.1) is 6.54 Å². The molecule has 0 aliphatic rings. The molecule has 0 radical (unpaired) electrons. The fraction of sp³-hybridized carbons (Fsp3) is 0.263. The van der Waals surface area contributed by atoms with Crippen LogP contribution in [0.25, 0.3) is 0 Å². The van der Waals surface area contributed by atoms with Crippen LogP contribution in [-0.4, -0.2) is 18.5 Å². The Bertz CT molecular complexity index is 735. The van der Waals surface area contributed by atoms with Crippen molar-refractivity contribution in [2.75, 3.05) is 17.2 Å². The molecule has 0 bridgehead atoms. The summed E-state index contributed by atoms with van der Waals surface area (Å²) in [5.41, 5.74) is 2.31. The van der Waals surface area contributed by atoms with Gasteiger partial charge in [0.1, 0.15) is 5.82 Å². The summed E-state index contributed by atoms with van der Waals surface area (Å²) in [7, 11) is 0. The number of anilines is 2. The average Bonchev–Trinajstić information content (AvgIpc) is 2.55. The zero-order valence-corrected chi connectivity index (χ0v) is 14.5. The fourth-order valence-corrected chi connectivity index (χ4v) is 2.13. The average molecular weight is 343 g/mol. The number of urea groups is 1. The molecular formula is C19H22FN3O2. The van der Waals surface area contributed by atoms with Crippen LogP contribution in [0.4, 0.5) is 20.6 Å². The third kappa shape index (κ3) is 5.91. The second kappa shape index (κ2) is 7.79. The van der Waals surface area contributed by atoms with Gasteiger partial charge in [0.2, 0.25) is 5.91 Å². The number of carbonyl (C=O) groups is 2. The Hall–Kier alpha value is -2.89. The molecule has 3 amide bonds. The summed E-state index contributed by atoms with van der Waals surface area (Å²) in [6.45, 7) is 6.15. The molecule has 25 heavy (non-hydrogen) atoms. The number of benzene rings is 2. The van der Waals surface area contributed by atoms with Gasteiger partial charge < -0.3 is 16.0 Å². The van der Waals surface area contributed by atoms with Crippen molar-refractivity contribution in [3.8, 4) is 0 Å². The Morgan fingerprint density at radius 3 is 1.96 bits per heavy atom. The molecule has 0 unspecified atom stereocenters. The Morgan fingerprint density at radius 1 is 0.880 bits per heavy atom. The number of amides is 3. The summed E-state index contributed by atoms with van der Waals surface area (Å²) in [6, 6.07) is 12.5. The van der Waals surface area contributed by atoms with E-state index in [2.05, 4.69) is 36.7 Å². The maximum atomic E-state index is 12.8. The van der Waals surface area contributed by atoms with E-state index in [-0.39, 0.29) is 17.8 Å². The van der Waals surface area contributed by atoms with E-state index in [4.69, 9.17) is 0 Å². The lowest BCUT2D eigenvalue weighted by atomic mass is 9.87. The van der Waals surface area contributed by atoms with E-state index in [1.807, 2.05) is 24.3 Å². The topological polar surface area (TPSA) is 70.2 Å². The first-order chi connectivity index (χ1) is 11.7. The third-order valence-corrected chi connectivity index (χ3v) is 3.55. The molecule has 5 nitrogen and oxygen atoms in total. The molecule has 2 aromatic carbocycles. The van der Waals surface area contributed by atoms with Gasteiger partial charge in [-0.1, -0.05) is 32.9 Å². The SMILES string of the molecule is CC(C)(C)c1ccc(NC(=O)NCC(=O)Nc2ccc(F)cc2)cc1. The van der Waals surface area contributed by atoms with E-state index in [1.165, 1.54) is 24.3 Å². The van der Waals surface area contributed by atoms with Crippen molar-refractivity contribution in [2.24, 2.45) is 0 Å². The highest BCUT2D eigenvalue weighted by Gasteiger charge is 2.13. The quantitative estimate of drug-likeness (QED) is 0.788. The van der Waals surface area contributed by atoms with Gasteiger partial charge in [0, 0.05) is 11.4 Å². The van der Waals surface area contributed by atoms with Gasteiger partial charge in [-0.25, -0.2) is 9.18 Å². The number of carbonyl (C=O) groups excluding carboxylic acids is 2. The van der Waals surface area contributed by atoms with Crippen molar-refractivity contribution in [2.45, 2.75) is 26.2 Å². The predicted molar refractivity (Wildman–Crippen MR) is 97.2 cm³/mol. The molecule has 0 aliphatic heterocycles. The fourth-order valence-electron chi connectivity index (χ4n) is 2.13. The van der Waals surface area contributed by atoms with Gasteiger partial charge in [0.15, 0.2) is 0 Å². The minimum atomic E-state index is -0.474. The van der Waals surface area contributed by atoms with E-state index >= 15 is 0 Å². The van der Waals surface area contributed by atoms with E-state index in [9.17, 15) is 14.0 Å². The number of rotatable bonds is 4. The molecule has 6 heteroatoms. The molecular weight excluding hydrogens is 321 g/mol. The molecule has 0 spiro atoms. The van der Waals surface area contributed by atoms with Crippen LogP contribution in [0, 0.1) is 5.82 Å². The summed E-state index contributed by atoms with van der Waals surface area (Å²) in [4.78, 5) is 23.6. The first-order valence-corrected chi connectivity index (χ1v) is 7.95. The molecule has 0 heterocycles. The van der Waals surface area contributed by atoms with Gasteiger partial charge in [0.25, 0.3) is 0 Å². The van der Waals surface area contributed by atoms with Crippen LogP contribution < -0.4 is 16.0 Å². The van der Waals surface area contributed by atoms with Crippen molar-refractivity contribution < 1.29 is 14.0 Å².